The first-order valence-electron chi connectivity index (χ1n) is 6.64. The average Bonchev–Trinajstić information content (AvgIpc) is 2.71. The fourth-order valence-electron chi connectivity index (χ4n) is 2.24. The minimum atomic E-state index is -0.101. The largest absolute Gasteiger partial charge is 0.490 e. The smallest absolute Gasteiger partial charge is 0.162 e. The summed E-state index contributed by atoms with van der Waals surface area (Å²) in [5.41, 5.74) is 1.88. The molecule has 5 heteroatoms. The second-order valence-corrected chi connectivity index (χ2v) is 6.49. The van der Waals surface area contributed by atoms with Crippen LogP contribution in [0.1, 0.15) is 22.4 Å². The molecule has 1 aliphatic heterocycles. The molecule has 1 unspecified atom stereocenters. The number of hydrogen-bond donors (Lipinski definition) is 0. The summed E-state index contributed by atoms with van der Waals surface area (Å²) in [6, 6.07) is 11.4. The minimum absolute atomic E-state index is 0.101. The summed E-state index contributed by atoms with van der Waals surface area (Å²) >= 11 is 16.3. The lowest BCUT2D eigenvalue weighted by atomic mass is 10.0. The van der Waals surface area contributed by atoms with Gasteiger partial charge in [0.2, 0.25) is 0 Å². The summed E-state index contributed by atoms with van der Waals surface area (Å²) in [4.78, 5) is -0.101. The van der Waals surface area contributed by atoms with Crippen molar-refractivity contribution in [3.05, 3.63) is 57.6 Å². The number of alkyl halides is 1. The zero-order chi connectivity index (χ0) is 14.8. The molecule has 0 amide bonds. The third-order valence-corrected chi connectivity index (χ3v) is 4.98. The van der Waals surface area contributed by atoms with Crippen LogP contribution in [0.4, 0.5) is 0 Å². The highest BCUT2D eigenvalue weighted by Crippen LogP contribution is 2.43. The highest BCUT2D eigenvalue weighted by Gasteiger charge is 2.21. The third kappa shape index (κ3) is 3.15. The first-order valence-corrected chi connectivity index (χ1v) is 8.31. The van der Waals surface area contributed by atoms with E-state index in [1.807, 2.05) is 36.4 Å². The van der Waals surface area contributed by atoms with E-state index in [4.69, 9.17) is 32.7 Å². The Labute approximate surface area is 142 Å². The molecule has 1 atom stereocenters. The van der Waals surface area contributed by atoms with Gasteiger partial charge in [-0.15, -0.1) is 0 Å². The maximum atomic E-state index is 6.40. The van der Waals surface area contributed by atoms with Crippen LogP contribution in [0.5, 0.6) is 11.5 Å². The first kappa shape index (κ1) is 15.0. The average molecular weight is 388 g/mol. The molecular formula is C16H13BrCl2O2. The van der Waals surface area contributed by atoms with Gasteiger partial charge in [0.15, 0.2) is 11.5 Å². The SMILES string of the molecule is Clc1ccccc1C(Br)c1cc2c(cc1Cl)OCCCO2. The lowest BCUT2D eigenvalue weighted by molar-refractivity contribution is 0.297. The summed E-state index contributed by atoms with van der Waals surface area (Å²) < 4.78 is 11.4. The Kier molecular flexibility index (Phi) is 4.63. The van der Waals surface area contributed by atoms with Crippen molar-refractivity contribution in [3.63, 3.8) is 0 Å². The quantitative estimate of drug-likeness (QED) is 0.621. The van der Waals surface area contributed by atoms with E-state index in [9.17, 15) is 0 Å². The molecular weight excluding hydrogens is 375 g/mol. The Morgan fingerprint density at radius 2 is 1.57 bits per heavy atom. The van der Waals surface area contributed by atoms with E-state index in [0.717, 1.165) is 23.3 Å². The van der Waals surface area contributed by atoms with Crippen molar-refractivity contribution in [2.24, 2.45) is 0 Å². The molecule has 2 aromatic carbocycles. The first-order chi connectivity index (χ1) is 10.2. The molecule has 0 aliphatic carbocycles. The van der Waals surface area contributed by atoms with Crippen molar-refractivity contribution < 1.29 is 9.47 Å². The molecule has 110 valence electrons. The predicted octanol–water partition coefficient (Wildman–Crippen LogP) is 5.64. The Morgan fingerprint density at radius 3 is 2.29 bits per heavy atom. The molecule has 0 fully saturated rings. The van der Waals surface area contributed by atoms with Crippen LogP contribution in [-0.4, -0.2) is 13.2 Å². The van der Waals surface area contributed by atoms with E-state index in [-0.39, 0.29) is 4.83 Å². The number of rotatable bonds is 2. The van der Waals surface area contributed by atoms with Gasteiger partial charge in [0.05, 0.1) is 18.0 Å². The van der Waals surface area contributed by atoms with Crippen LogP contribution < -0.4 is 9.47 Å². The van der Waals surface area contributed by atoms with Gasteiger partial charge in [0.25, 0.3) is 0 Å². The van der Waals surface area contributed by atoms with Crippen LogP contribution in [0.25, 0.3) is 0 Å². The minimum Gasteiger partial charge on any atom is -0.490 e. The number of ether oxygens (including phenoxy) is 2. The van der Waals surface area contributed by atoms with Crippen molar-refractivity contribution in [1.82, 2.24) is 0 Å². The maximum Gasteiger partial charge on any atom is 0.162 e. The van der Waals surface area contributed by atoms with E-state index < -0.39 is 0 Å². The predicted molar refractivity (Wildman–Crippen MR) is 89.3 cm³/mol. The second-order valence-electron chi connectivity index (χ2n) is 4.76. The number of hydrogen-bond acceptors (Lipinski definition) is 2. The summed E-state index contributed by atoms with van der Waals surface area (Å²) in [5, 5.41) is 1.32. The normalized spacial score (nSPS) is 15.4. The summed E-state index contributed by atoms with van der Waals surface area (Å²) in [5.74, 6) is 1.42. The highest BCUT2D eigenvalue weighted by atomic mass is 79.9. The molecule has 0 saturated heterocycles. The van der Waals surface area contributed by atoms with Crippen molar-refractivity contribution in [1.29, 1.82) is 0 Å². The van der Waals surface area contributed by atoms with Crippen LogP contribution in [-0.2, 0) is 0 Å². The Hall–Kier alpha value is -0.900. The molecule has 0 saturated carbocycles. The van der Waals surface area contributed by atoms with Gasteiger partial charge < -0.3 is 9.47 Å². The van der Waals surface area contributed by atoms with Crippen molar-refractivity contribution in [2.75, 3.05) is 13.2 Å². The van der Waals surface area contributed by atoms with Gasteiger partial charge in [0.1, 0.15) is 0 Å². The van der Waals surface area contributed by atoms with E-state index in [1.165, 1.54) is 0 Å². The van der Waals surface area contributed by atoms with Gasteiger partial charge in [-0.1, -0.05) is 57.3 Å². The van der Waals surface area contributed by atoms with Crippen LogP contribution in [0.3, 0.4) is 0 Å². The summed E-state index contributed by atoms with van der Waals surface area (Å²) in [7, 11) is 0. The number of benzene rings is 2. The Bertz CT molecular complexity index is 661. The Balaban J connectivity index is 2.02. The molecule has 1 aliphatic rings. The molecule has 0 spiro atoms. The second kappa shape index (κ2) is 6.47. The van der Waals surface area contributed by atoms with E-state index >= 15 is 0 Å². The van der Waals surface area contributed by atoms with Crippen molar-refractivity contribution in [2.45, 2.75) is 11.2 Å². The van der Waals surface area contributed by atoms with E-state index in [0.29, 0.717) is 29.0 Å². The lowest BCUT2D eigenvalue weighted by Crippen LogP contribution is -1.98. The monoisotopic (exact) mass is 386 g/mol. The van der Waals surface area contributed by atoms with Gasteiger partial charge in [-0.05, 0) is 23.3 Å². The zero-order valence-electron chi connectivity index (χ0n) is 11.1. The molecule has 1 heterocycles. The fourth-order valence-corrected chi connectivity index (χ4v) is 3.79. The van der Waals surface area contributed by atoms with Gasteiger partial charge in [-0.25, -0.2) is 0 Å². The van der Waals surface area contributed by atoms with E-state index in [2.05, 4.69) is 15.9 Å². The Morgan fingerprint density at radius 1 is 0.905 bits per heavy atom. The van der Waals surface area contributed by atoms with E-state index in [1.54, 1.807) is 0 Å². The number of halogens is 3. The van der Waals surface area contributed by atoms with Gasteiger partial charge in [0, 0.05) is 22.5 Å². The van der Waals surface area contributed by atoms with Crippen LogP contribution in [0, 0.1) is 0 Å². The molecule has 21 heavy (non-hydrogen) atoms. The molecule has 2 nitrogen and oxygen atoms in total. The van der Waals surface area contributed by atoms with Crippen LogP contribution in [0.15, 0.2) is 36.4 Å². The van der Waals surface area contributed by atoms with Crippen molar-refractivity contribution in [3.8, 4) is 11.5 Å². The van der Waals surface area contributed by atoms with Gasteiger partial charge >= 0.3 is 0 Å². The molecule has 2 aromatic rings. The van der Waals surface area contributed by atoms with Crippen LogP contribution >= 0.6 is 39.1 Å². The standard InChI is InChI=1S/C16H13BrCl2O2/c17-16(10-4-1-2-5-12(10)18)11-8-14-15(9-13(11)19)21-7-3-6-20-14/h1-2,4-5,8-9,16H,3,6-7H2. The van der Waals surface area contributed by atoms with Gasteiger partial charge in [-0.2, -0.15) is 0 Å². The highest BCUT2D eigenvalue weighted by molar-refractivity contribution is 9.09. The number of fused-ring (bicyclic) bond motifs is 1. The summed E-state index contributed by atoms with van der Waals surface area (Å²) in [6.07, 6.45) is 0.865. The lowest BCUT2D eigenvalue weighted by Gasteiger charge is -2.17. The molecule has 0 bridgehead atoms. The molecule has 0 aromatic heterocycles. The zero-order valence-corrected chi connectivity index (χ0v) is 14.2. The van der Waals surface area contributed by atoms with Crippen molar-refractivity contribution >= 4 is 39.1 Å². The van der Waals surface area contributed by atoms with Gasteiger partial charge in [-0.3, -0.25) is 0 Å². The summed E-state index contributed by atoms with van der Waals surface area (Å²) in [6.45, 7) is 1.29. The molecule has 3 rings (SSSR count). The van der Waals surface area contributed by atoms with Crippen LogP contribution in [0.2, 0.25) is 10.0 Å². The fraction of sp³-hybridized carbons (Fsp3) is 0.250. The third-order valence-electron chi connectivity index (χ3n) is 3.32. The molecule has 0 N–H and O–H groups in total. The maximum absolute atomic E-state index is 6.40. The molecule has 0 radical (unpaired) electrons. The topological polar surface area (TPSA) is 18.5 Å².